The molecule has 0 spiro atoms. The van der Waals surface area contributed by atoms with Crippen LogP contribution in [0.25, 0.3) is 0 Å². The summed E-state index contributed by atoms with van der Waals surface area (Å²) in [6.45, 7) is 5.63. The molecule has 2 N–H and O–H groups in total. The second-order valence-corrected chi connectivity index (χ2v) is 4.69. The minimum atomic E-state index is 0. The number of ether oxygens (including phenoxy) is 1. The smallest absolute Gasteiger partial charge is 0.123 e. The van der Waals surface area contributed by atoms with Gasteiger partial charge in [-0.3, -0.25) is 0 Å². The van der Waals surface area contributed by atoms with Crippen LogP contribution in [0.2, 0.25) is 5.02 Å². The molecule has 0 unspecified atom stereocenters. The summed E-state index contributed by atoms with van der Waals surface area (Å²) in [4.78, 5) is 0. The van der Waals surface area contributed by atoms with Crippen LogP contribution in [0.1, 0.15) is 18.9 Å². The van der Waals surface area contributed by atoms with Gasteiger partial charge in [-0.15, -0.1) is 12.4 Å². The third-order valence-corrected chi connectivity index (χ3v) is 3.20. The zero-order chi connectivity index (χ0) is 12.1. The summed E-state index contributed by atoms with van der Waals surface area (Å²) in [5.41, 5.74) is 1.13. The normalized spacial score (nSPS) is 18.4. The fourth-order valence-corrected chi connectivity index (χ4v) is 2.26. The van der Waals surface area contributed by atoms with Gasteiger partial charge in [-0.05, 0) is 38.1 Å². The molecule has 1 saturated heterocycles. The van der Waals surface area contributed by atoms with Crippen molar-refractivity contribution in [1.29, 1.82) is 0 Å². The quantitative estimate of drug-likeness (QED) is 0.875. The van der Waals surface area contributed by atoms with Crippen LogP contribution in [0.3, 0.4) is 0 Å². The minimum Gasteiger partial charge on any atom is -0.494 e. The summed E-state index contributed by atoms with van der Waals surface area (Å²) >= 11 is 6.02. The lowest BCUT2D eigenvalue weighted by molar-refractivity contribution is 0.334. The zero-order valence-electron chi connectivity index (χ0n) is 10.5. The van der Waals surface area contributed by atoms with E-state index in [9.17, 15) is 0 Å². The van der Waals surface area contributed by atoms with Gasteiger partial charge in [0.05, 0.1) is 6.61 Å². The van der Waals surface area contributed by atoms with Gasteiger partial charge < -0.3 is 15.4 Å². The van der Waals surface area contributed by atoms with Crippen LogP contribution in [-0.2, 0) is 6.54 Å². The minimum absolute atomic E-state index is 0. The van der Waals surface area contributed by atoms with Crippen LogP contribution in [0.4, 0.5) is 0 Å². The summed E-state index contributed by atoms with van der Waals surface area (Å²) in [5, 5.41) is 7.62. The molecular weight excluding hydrogens is 271 g/mol. The number of rotatable bonds is 5. The molecule has 0 saturated carbocycles. The highest BCUT2D eigenvalue weighted by atomic mass is 35.5. The summed E-state index contributed by atoms with van der Waals surface area (Å²) in [7, 11) is 0. The first-order valence-electron chi connectivity index (χ1n) is 6.15. The molecule has 1 aromatic rings. The fraction of sp³-hybridized carbons (Fsp3) is 0.538. The maximum atomic E-state index is 6.02. The first-order chi connectivity index (χ1) is 8.29. The lowest BCUT2D eigenvalue weighted by atomic mass is 10.1. The van der Waals surface area contributed by atoms with Crippen molar-refractivity contribution < 1.29 is 4.74 Å². The monoisotopic (exact) mass is 290 g/mol. The van der Waals surface area contributed by atoms with Gasteiger partial charge in [0.2, 0.25) is 0 Å². The Morgan fingerprint density at radius 1 is 1.50 bits per heavy atom. The van der Waals surface area contributed by atoms with Gasteiger partial charge in [0, 0.05) is 29.7 Å². The Labute approximate surface area is 120 Å². The van der Waals surface area contributed by atoms with Crippen molar-refractivity contribution in [3.8, 4) is 5.75 Å². The van der Waals surface area contributed by atoms with Gasteiger partial charge >= 0.3 is 0 Å². The topological polar surface area (TPSA) is 33.3 Å². The van der Waals surface area contributed by atoms with Crippen molar-refractivity contribution in [3.05, 3.63) is 28.8 Å². The van der Waals surface area contributed by atoms with Crippen LogP contribution in [0.15, 0.2) is 18.2 Å². The van der Waals surface area contributed by atoms with Crippen LogP contribution in [-0.4, -0.2) is 25.7 Å². The predicted molar refractivity (Wildman–Crippen MR) is 78.0 cm³/mol. The van der Waals surface area contributed by atoms with E-state index in [1.165, 1.54) is 6.42 Å². The van der Waals surface area contributed by atoms with E-state index in [1.54, 1.807) is 0 Å². The molecule has 3 nitrogen and oxygen atoms in total. The largest absolute Gasteiger partial charge is 0.494 e. The van der Waals surface area contributed by atoms with Gasteiger partial charge in [-0.1, -0.05) is 11.6 Å². The third-order valence-electron chi connectivity index (χ3n) is 2.96. The van der Waals surface area contributed by atoms with Crippen molar-refractivity contribution in [1.82, 2.24) is 10.6 Å². The van der Waals surface area contributed by atoms with E-state index in [0.29, 0.717) is 12.6 Å². The molecule has 1 aromatic carbocycles. The van der Waals surface area contributed by atoms with Crippen LogP contribution in [0, 0.1) is 0 Å². The van der Waals surface area contributed by atoms with Crippen LogP contribution in [0.5, 0.6) is 5.75 Å². The SMILES string of the molecule is CCOc1ccc(Cl)cc1CN[C@@H]1CCNC1.Cl. The molecule has 0 aliphatic carbocycles. The molecule has 0 aromatic heterocycles. The average Bonchev–Trinajstić information content (AvgIpc) is 2.82. The highest BCUT2D eigenvalue weighted by Gasteiger charge is 2.14. The Morgan fingerprint density at radius 2 is 2.33 bits per heavy atom. The molecule has 102 valence electrons. The molecule has 0 amide bonds. The van der Waals surface area contributed by atoms with E-state index in [4.69, 9.17) is 16.3 Å². The number of halogens is 2. The lowest BCUT2D eigenvalue weighted by Gasteiger charge is -2.14. The maximum absolute atomic E-state index is 6.02. The number of hydrogen-bond acceptors (Lipinski definition) is 3. The fourth-order valence-electron chi connectivity index (χ4n) is 2.07. The van der Waals surface area contributed by atoms with E-state index in [1.807, 2.05) is 25.1 Å². The Kier molecular flexibility index (Phi) is 6.79. The zero-order valence-corrected chi connectivity index (χ0v) is 12.1. The number of nitrogens with one attached hydrogen (secondary N) is 2. The van der Waals surface area contributed by atoms with Crippen LogP contribution < -0.4 is 15.4 Å². The van der Waals surface area contributed by atoms with E-state index in [-0.39, 0.29) is 12.4 Å². The Hall–Kier alpha value is -0.480. The van der Waals surface area contributed by atoms with Crippen molar-refractivity contribution >= 4 is 24.0 Å². The lowest BCUT2D eigenvalue weighted by Crippen LogP contribution is -2.30. The Morgan fingerprint density at radius 3 is 3.00 bits per heavy atom. The molecule has 1 heterocycles. The van der Waals surface area contributed by atoms with E-state index in [2.05, 4.69) is 10.6 Å². The van der Waals surface area contributed by atoms with E-state index in [0.717, 1.165) is 36.0 Å². The van der Waals surface area contributed by atoms with Gasteiger partial charge in [0.25, 0.3) is 0 Å². The van der Waals surface area contributed by atoms with Crippen molar-refractivity contribution in [2.24, 2.45) is 0 Å². The predicted octanol–water partition coefficient (Wildman–Crippen LogP) is 2.61. The van der Waals surface area contributed by atoms with Crippen molar-refractivity contribution in [2.45, 2.75) is 25.9 Å². The van der Waals surface area contributed by atoms with Crippen molar-refractivity contribution in [3.63, 3.8) is 0 Å². The second kappa shape index (κ2) is 7.85. The third kappa shape index (κ3) is 4.32. The second-order valence-electron chi connectivity index (χ2n) is 4.26. The highest BCUT2D eigenvalue weighted by Crippen LogP contribution is 2.23. The first-order valence-corrected chi connectivity index (χ1v) is 6.52. The number of benzene rings is 1. The molecular formula is C13H20Cl2N2O. The van der Waals surface area contributed by atoms with Gasteiger partial charge in [-0.25, -0.2) is 0 Å². The standard InChI is InChI=1S/C13H19ClN2O.ClH/c1-2-17-13-4-3-11(14)7-10(13)8-16-12-5-6-15-9-12;/h3-4,7,12,15-16H,2,5-6,8-9H2,1H3;1H/t12-;/m1./s1. The number of hydrogen-bond donors (Lipinski definition) is 2. The van der Waals surface area contributed by atoms with Gasteiger partial charge in [-0.2, -0.15) is 0 Å². The Balaban J connectivity index is 0.00000162. The molecule has 1 fully saturated rings. The molecule has 18 heavy (non-hydrogen) atoms. The van der Waals surface area contributed by atoms with E-state index >= 15 is 0 Å². The summed E-state index contributed by atoms with van der Waals surface area (Å²) in [5.74, 6) is 0.926. The Bertz CT molecular complexity index is 368. The average molecular weight is 291 g/mol. The molecule has 1 aliphatic heterocycles. The van der Waals surface area contributed by atoms with Gasteiger partial charge in [0.15, 0.2) is 0 Å². The van der Waals surface area contributed by atoms with Gasteiger partial charge in [0.1, 0.15) is 5.75 Å². The summed E-state index contributed by atoms with van der Waals surface area (Å²) in [6, 6.07) is 6.34. The summed E-state index contributed by atoms with van der Waals surface area (Å²) < 4.78 is 5.59. The highest BCUT2D eigenvalue weighted by molar-refractivity contribution is 6.30. The maximum Gasteiger partial charge on any atom is 0.123 e. The van der Waals surface area contributed by atoms with Crippen molar-refractivity contribution in [2.75, 3.05) is 19.7 Å². The molecule has 2 rings (SSSR count). The molecule has 0 radical (unpaired) electrons. The molecule has 1 atom stereocenters. The first kappa shape index (κ1) is 15.6. The van der Waals surface area contributed by atoms with E-state index < -0.39 is 0 Å². The molecule has 1 aliphatic rings. The molecule has 5 heteroatoms. The molecule has 0 bridgehead atoms. The summed E-state index contributed by atoms with van der Waals surface area (Å²) in [6.07, 6.45) is 1.19. The van der Waals surface area contributed by atoms with Crippen LogP contribution >= 0.6 is 24.0 Å².